The molecular formula is C16H23N3O2. The Morgan fingerprint density at radius 3 is 2.57 bits per heavy atom. The lowest BCUT2D eigenvalue weighted by Crippen LogP contribution is -2.44. The minimum absolute atomic E-state index is 0.00536. The first-order valence-corrected chi connectivity index (χ1v) is 7.60. The van der Waals surface area contributed by atoms with Crippen molar-refractivity contribution in [1.82, 2.24) is 10.3 Å². The van der Waals surface area contributed by atoms with E-state index in [1.807, 2.05) is 13.0 Å². The quantitative estimate of drug-likeness (QED) is 0.894. The lowest BCUT2D eigenvalue weighted by molar-refractivity contribution is -0.129. The van der Waals surface area contributed by atoms with E-state index in [4.69, 9.17) is 0 Å². The zero-order valence-electron chi connectivity index (χ0n) is 12.7. The maximum absolute atomic E-state index is 12.1. The predicted octanol–water partition coefficient (Wildman–Crippen LogP) is 2.41. The number of anilines is 1. The summed E-state index contributed by atoms with van der Waals surface area (Å²) in [5.74, 6) is 0.320. The van der Waals surface area contributed by atoms with Gasteiger partial charge in [0.1, 0.15) is 11.9 Å². The maximum atomic E-state index is 12.1. The molecule has 0 saturated heterocycles. The average molecular weight is 289 g/mol. The largest absolute Gasteiger partial charge is 0.344 e. The van der Waals surface area contributed by atoms with Gasteiger partial charge in [-0.15, -0.1) is 0 Å². The number of rotatable bonds is 4. The predicted molar refractivity (Wildman–Crippen MR) is 81.8 cm³/mol. The number of hydrogen-bond acceptors (Lipinski definition) is 3. The molecule has 1 aliphatic rings. The molecule has 0 aliphatic heterocycles. The summed E-state index contributed by atoms with van der Waals surface area (Å²) in [5.41, 5.74) is 1.03. The first-order chi connectivity index (χ1) is 10.1. The fourth-order valence-corrected chi connectivity index (χ4v) is 2.54. The number of carbonyl (C=O) groups is 2. The summed E-state index contributed by atoms with van der Waals surface area (Å²) in [6, 6.07) is 3.08. The van der Waals surface area contributed by atoms with Gasteiger partial charge in [0.15, 0.2) is 0 Å². The molecule has 2 rings (SSSR count). The highest BCUT2D eigenvalue weighted by Gasteiger charge is 2.24. The Hall–Kier alpha value is -1.91. The van der Waals surface area contributed by atoms with E-state index in [1.54, 1.807) is 19.2 Å². The molecule has 114 valence electrons. The molecule has 5 heteroatoms. The monoisotopic (exact) mass is 289 g/mol. The second-order valence-corrected chi connectivity index (χ2v) is 5.78. The van der Waals surface area contributed by atoms with Crippen molar-refractivity contribution in [3.8, 4) is 0 Å². The van der Waals surface area contributed by atoms with Crippen molar-refractivity contribution in [1.29, 1.82) is 0 Å². The maximum Gasteiger partial charge on any atom is 0.247 e. The molecule has 2 N–H and O–H groups in total. The van der Waals surface area contributed by atoms with Crippen molar-refractivity contribution in [3.05, 3.63) is 23.9 Å². The summed E-state index contributed by atoms with van der Waals surface area (Å²) in [4.78, 5) is 28.3. The summed E-state index contributed by atoms with van der Waals surface area (Å²) < 4.78 is 0. The molecule has 1 atom stereocenters. The molecule has 1 aliphatic carbocycles. The van der Waals surface area contributed by atoms with Gasteiger partial charge in [0.05, 0.1) is 0 Å². The molecule has 0 bridgehead atoms. The van der Waals surface area contributed by atoms with Crippen LogP contribution in [0.4, 0.5) is 5.82 Å². The summed E-state index contributed by atoms with van der Waals surface area (Å²) in [7, 11) is 0. The van der Waals surface area contributed by atoms with Crippen LogP contribution >= 0.6 is 0 Å². The van der Waals surface area contributed by atoms with Gasteiger partial charge in [-0.2, -0.15) is 0 Å². The van der Waals surface area contributed by atoms with Crippen LogP contribution < -0.4 is 10.6 Å². The van der Waals surface area contributed by atoms with E-state index in [-0.39, 0.29) is 17.7 Å². The average Bonchev–Trinajstić information content (AvgIpc) is 2.50. The van der Waals surface area contributed by atoms with Crippen LogP contribution in [-0.4, -0.2) is 22.8 Å². The molecule has 0 radical (unpaired) electrons. The Balaban J connectivity index is 1.84. The van der Waals surface area contributed by atoms with E-state index in [0.29, 0.717) is 5.82 Å². The highest BCUT2D eigenvalue weighted by atomic mass is 16.2. The minimum atomic E-state index is -0.553. The third kappa shape index (κ3) is 4.55. The van der Waals surface area contributed by atoms with Gasteiger partial charge in [-0.3, -0.25) is 9.59 Å². The Bertz CT molecular complexity index is 493. The van der Waals surface area contributed by atoms with Crippen LogP contribution in [0.3, 0.4) is 0 Å². The van der Waals surface area contributed by atoms with Gasteiger partial charge in [-0.1, -0.05) is 25.3 Å². The van der Waals surface area contributed by atoms with Crippen molar-refractivity contribution in [3.63, 3.8) is 0 Å². The van der Waals surface area contributed by atoms with Crippen LogP contribution in [0.15, 0.2) is 18.3 Å². The van der Waals surface area contributed by atoms with Crippen molar-refractivity contribution < 1.29 is 9.59 Å². The SMILES string of the molecule is Cc1ccc(NC(=O)C(C)NC(=O)C2CCCCC2)nc1. The number of hydrogen-bond donors (Lipinski definition) is 2. The van der Waals surface area contributed by atoms with Crippen LogP contribution in [-0.2, 0) is 9.59 Å². The summed E-state index contributed by atoms with van der Waals surface area (Å²) >= 11 is 0. The topological polar surface area (TPSA) is 71.1 Å². The van der Waals surface area contributed by atoms with Gasteiger partial charge >= 0.3 is 0 Å². The Morgan fingerprint density at radius 2 is 1.95 bits per heavy atom. The molecule has 0 spiro atoms. The minimum Gasteiger partial charge on any atom is -0.344 e. The molecule has 1 heterocycles. The van der Waals surface area contributed by atoms with E-state index in [2.05, 4.69) is 15.6 Å². The molecule has 1 aromatic heterocycles. The third-order valence-electron chi connectivity index (χ3n) is 3.89. The molecule has 1 saturated carbocycles. The first kappa shape index (κ1) is 15.5. The summed E-state index contributed by atoms with van der Waals surface area (Å²) in [6.07, 6.45) is 6.97. The summed E-state index contributed by atoms with van der Waals surface area (Å²) in [6.45, 7) is 3.63. The van der Waals surface area contributed by atoms with Crippen molar-refractivity contribution in [2.45, 2.75) is 52.0 Å². The van der Waals surface area contributed by atoms with Crippen LogP contribution in [0.25, 0.3) is 0 Å². The smallest absolute Gasteiger partial charge is 0.247 e. The third-order valence-corrected chi connectivity index (χ3v) is 3.89. The number of carbonyl (C=O) groups excluding carboxylic acids is 2. The Morgan fingerprint density at radius 1 is 1.24 bits per heavy atom. The molecule has 21 heavy (non-hydrogen) atoms. The van der Waals surface area contributed by atoms with Crippen molar-refractivity contribution in [2.24, 2.45) is 5.92 Å². The number of amides is 2. The first-order valence-electron chi connectivity index (χ1n) is 7.60. The number of nitrogens with zero attached hydrogens (tertiary/aromatic N) is 1. The van der Waals surface area contributed by atoms with Gasteiger partial charge in [0.25, 0.3) is 0 Å². The highest BCUT2D eigenvalue weighted by molar-refractivity contribution is 5.96. The van der Waals surface area contributed by atoms with Crippen LogP contribution in [0, 0.1) is 12.8 Å². The zero-order chi connectivity index (χ0) is 15.2. The lowest BCUT2D eigenvalue weighted by atomic mass is 9.88. The van der Waals surface area contributed by atoms with Crippen molar-refractivity contribution >= 4 is 17.6 Å². The second-order valence-electron chi connectivity index (χ2n) is 5.78. The standard InChI is InChI=1S/C16H23N3O2/c1-11-8-9-14(17-10-11)19-15(20)12(2)18-16(21)13-6-4-3-5-7-13/h8-10,12-13H,3-7H2,1-2H3,(H,18,21)(H,17,19,20). The normalized spacial score (nSPS) is 17.0. The summed E-state index contributed by atoms with van der Waals surface area (Å²) in [5, 5.41) is 5.51. The van der Waals surface area contributed by atoms with Crippen LogP contribution in [0.2, 0.25) is 0 Å². The number of aromatic nitrogens is 1. The molecule has 1 aromatic rings. The van der Waals surface area contributed by atoms with E-state index < -0.39 is 6.04 Å². The number of pyridine rings is 1. The van der Waals surface area contributed by atoms with Gasteiger partial charge < -0.3 is 10.6 Å². The van der Waals surface area contributed by atoms with E-state index in [0.717, 1.165) is 31.2 Å². The van der Waals surface area contributed by atoms with E-state index >= 15 is 0 Å². The van der Waals surface area contributed by atoms with Gasteiger partial charge in [0, 0.05) is 12.1 Å². The molecular weight excluding hydrogens is 266 g/mol. The van der Waals surface area contributed by atoms with Crippen LogP contribution in [0.5, 0.6) is 0 Å². The number of aryl methyl sites for hydroxylation is 1. The van der Waals surface area contributed by atoms with E-state index in [9.17, 15) is 9.59 Å². The second kappa shape index (κ2) is 7.20. The molecule has 5 nitrogen and oxygen atoms in total. The van der Waals surface area contributed by atoms with Gasteiger partial charge in [0.2, 0.25) is 11.8 Å². The highest BCUT2D eigenvalue weighted by Crippen LogP contribution is 2.23. The molecule has 0 aromatic carbocycles. The molecule has 1 fully saturated rings. The number of nitrogens with one attached hydrogen (secondary N) is 2. The molecule has 2 amide bonds. The van der Waals surface area contributed by atoms with Gasteiger partial charge in [-0.05, 0) is 38.3 Å². The van der Waals surface area contributed by atoms with E-state index in [1.165, 1.54) is 6.42 Å². The Labute approximate surface area is 125 Å². The van der Waals surface area contributed by atoms with Crippen molar-refractivity contribution in [2.75, 3.05) is 5.32 Å². The lowest BCUT2D eigenvalue weighted by Gasteiger charge is -2.22. The fraction of sp³-hybridized carbons (Fsp3) is 0.562. The Kier molecular flexibility index (Phi) is 5.31. The zero-order valence-corrected chi connectivity index (χ0v) is 12.7. The fourth-order valence-electron chi connectivity index (χ4n) is 2.54. The van der Waals surface area contributed by atoms with Gasteiger partial charge in [-0.25, -0.2) is 4.98 Å². The van der Waals surface area contributed by atoms with Crippen LogP contribution in [0.1, 0.15) is 44.6 Å². The molecule has 1 unspecified atom stereocenters.